The van der Waals surface area contributed by atoms with Crippen LogP contribution in [-0.4, -0.2) is 32.6 Å². The second-order valence-corrected chi connectivity index (χ2v) is 1.95. The number of rotatable bonds is 7. The van der Waals surface area contributed by atoms with Crippen LogP contribution in [-0.2, 0) is 9.47 Å². The molecule has 4 N–H and O–H groups in total. The Morgan fingerprint density at radius 2 is 2.09 bits per heavy atom. The first-order chi connectivity index (χ1) is 5.35. The van der Waals surface area contributed by atoms with Gasteiger partial charge in [0.05, 0.1) is 13.2 Å². The van der Waals surface area contributed by atoms with Crippen LogP contribution in [0.1, 0.15) is 0 Å². The highest BCUT2D eigenvalue weighted by Crippen LogP contribution is 1.91. The molecule has 0 aliphatic carbocycles. The van der Waals surface area contributed by atoms with E-state index in [4.69, 9.17) is 20.9 Å². The summed E-state index contributed by atoms with van der Waals surface area (Å²) in [7, 11) is 0. The summed E-state index contributed by atoms with van der Waals surface area (Å²) in [6.07, 6.45) is 1.30. The summed E-state index contributed by atoms with van der Waals surface area (Å²) in [5.41, 5.74) is 10.5. The highest BCUT2D eigenvalue weighted by molar-refractivity contribution is 4.64. The maximum Gasteiger partial charge on any atom is 0.170 e. The Morgan fingerprint density at radius 1 is 1.36 bits per heavy atom. The topological polar surface area (TPSA) is 70.5 Å². The Kier molecular flexibility index (Phi) is 7.39. The monoisotopic (exact) mass is 160 g/mol. The van der Waals surface area contributed by atoms with E-state index < -0.39 is 0 Å². The zero-order valence-electron chi connectivity index (χ0n) is 6.66. The molecule has 0 aromatic carbocycles. The first-order valence-electron chi connectivity index (χ1n) is 3.59. The van der Waals surface area contributed by atoms with E-state index in [0.717, 1.165) is 0 Å². The third-order valence-electron chi connectivity index (χ3n) is 1.01. The predicted octanol–water partition coefficient (Wildman–Crippen LogP) is -0.551. The first kappa shape index (κ1) is 10.6. The van der Waals surface area contributed by atoms with Gasteiger partial charge in [0, 0.05) is 13.1 Å². The summed E-state index contributed by atoms with van der Waals surface area (Å²) in [4.78, 5) is 0. The normalized spacial score (nSPS) is 12.9. The lowest BCUT2D eigenvalue weighted by Gasteiger charge is -2.14. The lowest BCUT2D eigenvalue weighted by molar-refractivity contribution is -0.125. The van der Waals surface area contributed by atoms with Crippen LogP contribution in [0.3, 0.4) is 0 Å². The second kappa shape index (κ2) is 7.68. The zero-order chi connectivity index (χ0) is 8.53. The summed E-state index contributed by atoms with van der Waals surface area (Å²) in [5.74, 6) is 0. The van der Waals surface area contributed by atoms with E-state index in [1.165, 1.54) is 0 Å². The van der Waals surface area contributed by atoms with E-state index >= 15 is 0 Å². The van der Waals surface area contributed by atoms with Crippen LogP contribution in [0.15, 0.2) is 12.7 Å². The molecule has 0 aromatic heterocycles. The first-order valence-corrected chi connectivity index (χ1v) is 3.59. The molecule has 0 aliphatic rings. The van der Waals surface area contributed by atoms with E-state index in [9.17, 15) is 0 Å². The molecule has 1 atom stereocenters. The Hall–Kier alpha value is -0.420. The van der Waals surface area contributed by atoms with Gasteiger partial charge in [-0.3, -0.25) is 0 Å². The van der Waals surface area contributed by atoms with Crippen molar-refractivity contribution in [1.29, 1.82) is 0 Å². The van der Waals surface area contributed by atoms with Gasteiger partial charge in [0.25, 0.3) is 0 Å². The van der Waals surface area contributed by atoms with Gasteiger partial charge >= 0.3 is 0 Å². The van der Waals surface area contributed by atoms with Gasteiger partial charge in [-0.2, -0.15) is 0 Å². The number of nitrogens with two attached hydrogens (primary N) is 2. The molecule has 0 unspecified atom stereocenters. The zero-order valence-corrected chi connectivity index (χ0v) is 6.66. The lowest BCUT2D eigenvalue weighted by Crippen LogP contribution is -2.29. The summed E-state index contributed by atoms with van der Waals surface area (Å²) in [6.45, 7) is 5.24. The van der Waals surface area contributed by atoms with Gasteiger partial charge in [-0.25, -0.2) is 0 Å². The lowest BCUT2D eigenvalue weighted by atomic mass is 10.6. The van der Waals surface area contributed by atoms with Crippen LogP contribution < -0.4 is 11.5 Å². The maximum atomic E-state index is 5.33. The van der Waals surface area contributed by atoms with Crippen LogP contribution in [0.5, 0.6) is 0 Å². The number of ether oxygens (including phenoxy) is 2. The quantitative estimate of drug-likeness (QED) is 0.387. The smallest absolute Gasteiger partial charge is 0.170 e. The second-order valence-electron chi connectivity index (χ2n) is 1.95. The molecule has 0 radical (unpaired) electrons. The van der Waals surface area contributed by atoms with Gasteiger partial charge in [0.15, 0.2) is 6.29 Å². The van der Waals surface area contributed by atoms with Crippen molar-refractivity contribution >= 4 is 0 Å². The van der Waals surface area contributed by atoms with Gasteiger partial charge < -0.3 is 20.9 Å². The van der Waals surface area contributed by atoms with E-state index in [0.29, 0.717) is 26.3 Å². The third kappa shape index (κ3) is 6.00. The molecule has 0 bridgehead atoms. The van der Waals surface area contributed by atoms with E-state index in [-0.39, 0.29) is 6.29 Å². The molecule has 0 aromatic rings. The van der Waals surface area contributed by atoms with Crippen molar-refractivity contribution in [2.75, 3.05) is 26.3 Å². The van der Waals surface area contributed by atoms with Crippen molar-refractivity contribution in [1.82, 2.24) is 0 Å². The van der Waals surface area contributed by atoms with Gasteiger partial charge in [-0.05, 0) is 0 Å². The van der Waals surface area contributed by atoms with Crippen molar-refractivity contribution in [2.45, 2.75) is 6.29 Å². The summed E-state index contributed by atoms with van der Waals surface area (Å²) in [5, 5.41) is 0. The van der Waals surface area contributed by atoms with E-state index in [1.807, 2.05) is 0 Å². The molecule has 0 fully saturated rings. The fourth-order valence-electron chi connectivity index (χ4n) is 0.559. The van der Waals surface area contributed by atoms with Crippen LogP contribution in [0.4, 0.5) is 0 Å². The molecule has 0 saturated heterocycles. The largest absolute Gasteiger partial charge is 0.350 e. The number of hydrogen-bond acceptors (Lipinski definition) is 4. The SMILES string of the molecule is C=CCO[C@H](CN)OCCN. The van der Waals surface area contributed by atoms with Crippen LogP contribution >= 0.6 is 0 Å². The highest BCUT2D eigenvalue weighted by atomic mass is 16.7. The molecule has 11 heavy (non-hydrogen) atoms. The highest BCUT2D eigenvalue weighted by Gasteiger charge is 2.03. The molecule has 66 valence electrons. The molecule has 0 aliphatic heterocycles. The van der Waals surface area contributed by atoms with Crippen molar-refractivity contribution in [3.63, 3.8) is 0 Å². The molecule has 0 heterocycles. The van der Waals surface area contributed by atoms with Gasteiger partial charge in [0.1, 0.15) is 0 Å². The van der Waals surface area contributed by atoms with Gasteiger partial charge in [-0.1, -0.05) is 6.08 Å². The fraction of sp³-hybridized carbons (Fsp3) is 0.714. The molecule has 0 spiro atoms. The van der Waals surface area contributed by atoms with Gasteiger partial charge in [0.2, 0.25) is 0 Å². The number of hydrogen-bond donors (Lipinski definition) is 2. The minimum Gasteiger partial charge on any atom is -0.350 e. The Morgan fingerprint density at radius 3 is 2.55 bits per heavy atom. The van der Waals surface area contributed by atoms with Crippen molar-refractivity contribution < 1.29 is 9.47 Å². The molecular formula is C7H16N2O2. The van der Waals surface area contributed by atoms with Crippen molar-refractivity contribution in [3.05, 3.63) is 12.7 Å². The van der Waals surface area contributed by atoms with E-state index in [2.05, 4.69) is 6.58 Å². The summed E-state index contributed by atoms with van der Waals surface area (Å²) >= 11 is 0. The Balaban J connectivity index is 3.32. The predicted molar refractivity (Wildman–Crippen MR) is 44.0 cm³/mol. The fourth-order valence-corrected chi connectivity index (χ4v) is 0.559. The van der Waals surface area contributed by atoms with Crippen LogP contribution in [0.25, 0.3) is 0 Å². The maximum absolute atomic E-state index is 5.33. The van der Waals surface area contributed by atoms with E-state index in [1.54, 1.807) is 6.08 Å². The minimum atomic E-state index is -0.350. The van der Waals surface area contributed by atoms with Gasteiger partial charge in [-0.15, -0.1) is 6.58 Å². The average molecular weight is 160 g/mol. The third-order valence-corrected chi connectivity index (χ3v) is 1.01. The van der Waals surface area contributed by atoms with Crippen molar-refractivity contribution in [3.8, 4) is 0 Å². The summed E-state index contributed by atoms with van der Waals surface area (Å²) < 4.78 is 10.2. The molecule has 4 nitrogen and oxygen atoms in total. The molecule has 0 rings (SSSR count). The standard InChI is InChI=1S/C7H16N2O2/c1-2-4-10-7(6-9)11-5-3-8/h2,7H,1,3-6,8-9H2/t7-/m0/s1. The van der Waals surface area contributed by atoms with Crippen LogP contribution in [0.2, 0.25) is 0 Å². The molecular weight excluding hydrogens is 144 g/mol. The van der Waals surface area contributed by atoms with Crippen LogP contribution in [0, 0.1) is 0 Å². The Bertz CT molecular complexity index is 98.4. The molecule has 0 saturated carbocycles. The Labute approximate surface area is 67.1 Å². The van der Waals surface area contributed by atoms with Crippen molar-refractivity contribution in [2.24, 2.45) is 11.5 Å². The molecule has 0 amide bonds. The average Bonchev–Trinajstić information content (AvgIpc) is 2.05. The minimum absolute atomic E-state index is 0.341. The molecule has 4 heteroatoms. The summed E-state index contributed by atoms with van der Waals surface area (Å²) in [6, 6.07) is 0.